The van der Waals surface area contributed by atoms with Gasteiger partial charge in [-0.2, -0.15) is 14.9 Å². The molecule has 1 aromatic carbocycles. The maximum Gasteiger partial charge on any atom is 0.216 e. The topological polar surface area (TPSA) is 73.7 Å². The van der Waals surface area contributed by atoms with E-state index in [-0.39, 0.29) is 0 Å². The molecule has 2 rings (SSSR count). The van der Waals surface area contributed by atoms with Crippen molar-refractivity contribution < 1.29 is 14.2 Å². The van der Waals surface area contributed by atoms with E-state index < -0.39 is 0 Å². The molecule has 0 atom stereocenters. The van der Waals surface area contributed by atoms with E-state index in [1.807, 2.05) is 12.1 Å². The number of aromatic nitrogens is 3. The van der Waals surface area contributed by atoms with E-state index in [0.29, 0.717) is 22.0 Å². The van der Waals surface area contributed by atoms with Crippen LogP contribution >= 0.6 is 12.2 Å². The van der Waals surface area contributed by atoms with Crippen molar-refractivity contribution in [1.29, 1.82) is 0 Å². The molecular weight excluding hydrogens is 316 g/mol. The Balaban J connectivity index is 2.40. The molecule has 0 saturated carbocycles. The van der Waals surface area contributed by atoms with Crippen LogP contribution in [0.25, 0.3) is 0 Å². The molecule has 7 nitrogen and oxygen atoms in total. The Kier molecular flexibility index (Phi) is 5.75. The zero-order chi connectivity index (χ0) is 16.8. The Morgan fingerprint density at radius 2 is 1.87 bits per heavy atom. The van der Waals surface area contributed by atoms with E-state index >= 15 is 0 Å². The van der Waals surface area contributed by atoms with E-state index in [2.05, 4.69) is 22.2 Å². The minimum absolute atomic E-state index is 0.456. The molecule has 8 heteroatoms. The van der Waals surface area contributed by atoms with Crippen LogP contribution in [-0.4, -0.2) is 42.4 Å². The van der Waals surface area contributed by atoms with Crippen LogP contribution < -0.4 is 14.2 Å². The van der Waals surface area contributed by atoms with Gasteiger partial charge in [-0.05, 0) is 30.8 Å². The lowest BCUT2D eigenvalue weighted by Crippen LogP contribution is -2.00. The molecule has 0 unspecified atom stereocenters. The maximum absolute atomic E-state index is 5.33. The van der Waals surface area contributed by atoms with E-state index in [9.17, 15) is 0 Å². The summed E-state index contributed by atoms with van der Waals surface area (Å²) in [5, 5.41) is 11.3. The van der Waals surface area contributed by atoms with Gasteiger partial charge in [0.05, 0.1) is 27.5 Å². The van der Waals surface area contributed by atoms with E-state index in [1.54, 1.807) is 32.2 Å². The first-order chi connectivity index (χ1) is 11.1. The molecular formula is C15H20N4O3S. The van der Waals surface area contributed by atoms with E-state index in [1.165, 1.54) is 0 Å². The summed E-state index contributed by atoms with van der Waals surface area (Å²) >= 11 is 5.20. The molecule has 0 fully saturated rings. The Bertz CT molecular complexity index is 726. The van der Waals surface area contributed by atoms with Gasteiger partial charge >= 0.3 is 0 Å². The highest BCUT2D eigenvalue weighted by Gasteiger charge is 2.12. The number of hydrogen-bond acceptors (Lipinski definition) is 6. The number of aromatic amines is 1. The van der Waals surface area contributed by atoms with Gasteiger partial charge < -0.3 is 14.2 Å². The van der Waals surface area contributed by atoms with Crippen molar-refractivity contribution >= 4 is 18.4 Å². The zero-order valence-electron chi connectivity index (χ0n) is 13.6. The number of nitrogens with one attached hydrogen (secondary N) is 1. The molecule has 1 heterocycles. The molecule has 2 aromatic rings. The number of ether oxygens (including phenoxy) is 3. The van der Waals surface area contributed by atoms with Crippen LogP contribution in [-0.2, 0) is 6.42 Å². The Hall–Kier alpha value is -2.35. The summed E-state index contributed by atoms with van der Waals surface area (Å²) < 4.78 is 18.0. The first-order valence-corrected chi connectivity index (χ1v) is 7.56. The van der Waals surface area contributed by atoms with Crippen molar-refractivity contribution in [2.45, 2.75) is 19.8 Å². The predicted molar refractivity (Wildman–Crippen MR) is 90.5 cm³/mol. The molecule has 0 aliphatic rings. The average Bonchev–Trinajstić information content (AvgIpc) is 2.92. The van der Waals surface area contributed by atoms with Gasteiger partial charge in [-0.25, -0.2) is 0 Å². The van der Waals surface area contributed by atoms with Crippen molar-refractivity contribution in [3.05, 3.63) is 28.3 Å². The van der Waals surface area contributed by atoms with Gasteiger partial charge in [0.25, 0.3) is 0 Å². The van der Waals surface area contributed by atoms with Crippen LogP contribution in [0.4, 0.5) is 0 Å². The third kappa shape index (κ3) is 3.70. The molecule has 1 aromatic heterocycles. The molecule has 0 bridgehead atoms. The third-order valence-corrected chi connectivity index (χ3v) is 3.46. The number of benzene rings is 1. The number of hydrogen-bond donors (Lipinski definition) is 1. The normalized spacial score (nSPS) is 11.0. The molecule has 0 saturated heterocycles. The summed E-state index contributed by atoms with van der Waals surface area (Å²) in [5.41, 5.74) is 0.796. The van der Waals surface area contributed by atoms with Crippen LogP contribution in [0.5, 0.6) is 17.2 Å². The molecule has 0 amide bonds. The minimum atomic E-state index is 0.456. The second-order valence-corrected chi connectivity index (χ2v) is 5.10. The quantitative estimate of drug-likeness (QED) is 0.622. The standard InChI is InChI=1S/C15H20N4O3S/c1-5-6-13-17-18-15(23)19(13)16-9-10-7-11(20-2)14(22-4)12(8-10)21-3/h7-9H,5-6H2,1-4H3,(H,18,23)/b16-9-. The highest BCUT2D eigenvalue weighted by molar-refractivity contribution is 7.71. The fourth-order valence-corrected chi connectivity index (χ4v) is 2.33. The fourth-order valence-electron chi connectivity index (χ4n) is 2.13. The monoisotopic (exact) mass is 336 g/mol. The SMILES string of the molecule is CCCc1n[nH]c(=S)n1/N=C\c1cc(OC)c(OC)c(OC)c1. The fraction of sp³-hybridized carbons (Fsp3) is 0.400. The van der Waals surface area contributed by atoms with Crippen molar-refractivity contribution in [2.75, 3.05) is 21.3 Å². The van der Waals surface area contributed by atoms with Crippen LogP contribution in [0.2, 0.25) is 0 Å². The molecule has 0 aliphatic heterocycles. The Labute approximate surface area is 139 Å². The van der Waals surface area contributed by atoms with Crippen molar-refractivity contribution in [3.8, 4) is 17.2 Å². The number of nitrogens with zero attached hydrogens (tertiary/aromatic N) is 3. The number of aryl methyl sites for hydroxylation is 1. The maximum atomic E-state index is 5.33. The molecule has 0 aliphatic carbocycles. The van der Waals surface area contributed by atoms with Crippen molar-refractivity contribution in [3.63, 3.8) is 0 Å². The van der Waals surface area contributed by atoms with Crippen LogP contribution in [0, 0.1) is 4.77 Å². The molecule has 1 N–H and O–H groups in total. The summed E-state index contributed by atoms with van der Waals surface area (Å²) in [6.07, 6.45) is 3.42. The van der Waals surface area contributed by atoms with Gasteiger partial charge in [0.15, 0.2) is 17.3 Å². The van der Waals surface area contributed by atoms with Gasteiger partial charge in [0.1, 0.15) is 0 Å². The molecule has 0 radical (unpaired) electrons. The number of H-pyrrole nitrogens is 1. The lowest BCUT2D eigenvalue weighted by molar-refractivity contribution is 0.324. The van der Waals surface area contributed by atoms with Gasteiger partial charge in [0.2, 0.25) is 10.5 Å². The van der Waals surface area contributed by atoms with Crippen molar-refractivity contribution in [1.82, 2.24) is 14.9 Å². The highest BCUT2D eigenvalue weighted by Crippen LogP contribution is 2.37. The van der Waals surface area contributed by atoms with Crippen molar-refractivity contribution in [2.24, 2.45) is 5.10 Å². The summed E-state index contributed by atoms with van der Waals surface area (Å²) in [6, 6.07) is 3.63. The van der Waals surface area contributed by atoms with Crippen LogP contribution in [0.3, 0.4) is 0 Å². The average molecular weight is 336 g/mol. The van der Waals surface area contributed by atoms with E-state index in [4.69, 9.17) is 26.4 Å². The summed E-state index contributed by atoms with van der Waals surface area (Å²) in [4.78, 5) is 0. The molecule has 23 heavy (non-hydrogen) atoms. The lowest BCUT2D eigenvalue weighted by Gasteiger charge is -2.12. The largest absolute Gasteiger partial charge is 0.493 e. The van der Waals surface area contributed by atoms with Crippen LogP contribution in [0.1, 0.15) is 24.7 Å². The smallest absolute Gasteiger partial charge is 0.216 e. The van der Waals surface area contributed by atoms with Gasteiger partial charge in [-0.15, -0.1) is 0 Å². The Morgan fingerprint density at radius 1 is 1.22 bits per heavy atom. The third-order valence-electron chi connectivity index (χ3n) is 3.20. The van der Waals surface area contributed by atoms with E-state index in [0.717, 1.165) is 24.2 Å². The van der Waals surface area contributed by atoms with Gasteiger partial charge in [-0.3, -0.25) is 5.10 Å². The minimum Gasteiger partial charge on any atom is -0.493 e. The second-order valence-electron chi connectivity index (χ2n) is 4.71. The highest BCUT2D eigenvalue weighted by atomic mass is 32.1. The zero-order valence-corrected chi connectivity index (χ0v) is 14.4. The predicted octanol–water partition coefficient (Wildman–Crippen LogP) is 2.80. The molecule has 124 valence electrons. The first-order valence-electron chi connectivity index (χ1n) is 7.15. The second kappa shape index (κ2) is 7.77. The lowest BCUT2D eigenvalue weighted by atomic mass is 10.2. The number of rotatable bonds is 7. The van der Waals surface area contributed by atoms with Gasteiger partial charge in [0, 0.05) is 12.0 Å². The summed E-state index contributed by atoms with van der Waals surface area (Å²) in [5.74, 6) is 2.47. The van der Waals surface area contributed by atoms with Gasteiger partial charge in [-0.1, -0.05) is 6.92 Å². The Morgan fingerprint density at radius 3 is 2.39 bits per heavy atom. The summed E-state index contributed by atoms with van der Waals surface area (Å²) in [6.45, 7) is 2.07. The first kappa shape index (κ1) is 17.0. The summed E-state index contributed by atoms with van der Waals surface area (Å²) in [7, 11) is 4.71. The van der Waals surface area contributed by atoms with Crippen LogP contribution in [0.15, 0.2) is 17.2 Å². The number of methoxy groups -OCH3 is 3. The molecule has 0 spiro atoms.